The number of hydrogen-bond donors (Lipinski definition) is 1. The van der Waals surface area contributed by atoms with Crippen LogP contribution in [0.3, 0.4) is 0 Å². The molecular weight excluding hydrogens is 328 g/mol. The Balaban J connectivity index is 2.03. The largest absolute Gasteiger partial charge is 0.346 e. The number of piperidine rings is 1. The molecule has 0 aromatic carbocycles. The standard InChI is InChI=1S/C14H19F2N3O3S/c1-23(21,22)19-6-2-3-11(9-19)12-5-4-10(7-17-12)14(20)18-8-13(15)16/h4-5,7,11,13H,2-3,6,8-9H2,1H3,(H,18,20). The lowest BCUT2D eigenvalue weighted by molar-refractivity contribution is 0.0891. The van der Waals surface area contributed by atoms with Crippen molar-refractivity contribution < 1.29 is 22.0 Å². The van der Waals surface area contributed by atoms with Gasteiger partial charge in [0.25, 0.3) is 12.3 Å². The minimum absolute atomic E-state index is 0.0309. The Kier molecular flexibility index (Phi) is 5.64. The van der Waals surface area contributed by atoms with Gasteiger partial charge in [-0.3, -0.25) is 9.78 Å². The second kappa shape index (κ2) is 7.31. The van der Waals surface area contributed by atoms with Gasteiger partial charge in [0.1, 0.15) is 0 Å². The molecule has 0 aliphatic carbocycles. The number of carbonyl (C=O) groups excluding carboxylic acids is 1. The highest BCUT2D eigenvalue weighted by Gasteiger charge is 2.27. The van der Waals surface area contributed by atoms with Crippen LogP contribution in [0.2, 0.25) is 0 Å². The monoisotopic (exact) mass is 347 g/mol. The molecule has 128 valence electrons. The van der Waals surface area contributed by atoms with Gasteiger partial charge in [0.05, 0.1) is 18.4 Å². The minimum atomic E-state index is -3.23. The third-order valence-corrected chi connectivity index (χ3v) is 5.01. The molecule has 1 aliphatic heterocycles. The molecule has 1 amide bonds. The van der Waals surface area contributed by atoms with Crippen molar-refractivity contribution >= 4 is 15.9 Å². The number of aromatic nitrogens is 1. The number of amides is 1. The number of nitrogens with zero attached hydrogens (tertiary/aromatic N) is 2. The van der Waals surface area contributed by atoms with Crippen molar-refractivity contribution in [1.29, 1.82) is 0 Å². The molecule has 0 spiro atoms. The van der Waals surface area contributed by atoms with Gasteiger partial charge in [-0.05, 0) is 25.0 Å². The maximum Gasteiger partial charge on any atom is 0.255 e. The summed E-state index contributed by atoms with van der Waals surface area (Å²) in [6.07, 6.45) is 1.47. The predicted molar refractivity (Wildman–Crippen MR) is 81.0 cm³/mol. The smallest absolute Gasteiger partial charge is 0.255 e. The fourth-order valence-electron chi connectivity index (χ4n) is 2.54. The summed E-state index contributed by atoms with van der Waals surface area (Å²) in [5, 5.41) is 2.11. The quantitative estimate of drug-likeness (QED) is 0.868. The van der Waals surface area contributed by atoms with E-state index in [1.54, 1.807) is 6.07 Å². The van der Waals surface area contributed by atoms with E-state index in [0.29, 0.717) is 18.8 Å². The van der Waals surface area contributed by atoms with Crippen LogP contribution in [-0.2, 0) is 10.0 Å². The van der Waals surface area contributed by atoms with E-state index in [4.69, 9.17) is 0 Å². The lowest BCUT2D eigenvalue weighted by atomic mass is 9.95. The Hall–Kier alpha value is -1.61. The van der Waals surface area contributed by atoms with Gasteiger partial charge in [0, 0.05) is 30.9 Å². The first-order valence-corrected chi connectivity index (χ1v) is 9.09. The number of halogens is 2. The molecule has 1 N–H and O–H groups in total. The van der Waals surface area contributed by atoms with Crippen LogP contribution < -0.4 is 5.32 Å². The average molecular weight is 347 g/mol. The highest BCUT2D eigenvalue weighted by Crippen LogP contribution is 2.26. The molecule has 6 nitrogen and oxygen atoms in total. The molecule has 2 heterocycles. The van der Waals surface area contributed by atoms with E-state index in [-0.39, 0.29) is 11.5 Å². The average Bonchev–Trinajstić information content (AvgIpc) is 2.52. The molecule has 1 aliphatic rings. The van der Waals surface area contributed by atoms with Gasteiger partial charge in [0.2, 0.25) is 10.0 Å². The van der Waals surface area contributed by atoms with Crippen molar-refractivity contribution in [3.63, 3.8) is 0 Å². The highest BCUT2D eigenvalue weighted by molar-refractivity contribution is 7.88. The van der Waals surface area contributed by atoms with Crippen LogP contribution in [-0.4, -0.2) is 55.9 Å². The van der Waals surface area contributed by atoms with Crippen LogP contribution in [0.1, 0.15) is 34.8 Å². The van der Waals surface area contributed by atoms with E-state index < -0.39 is 28.9 Å². The summed E-state index contributed by atoms with van der Waals surface area (Å²) in [6.45, 7) is 0.165. The van der Waals surface area contributed by atoms with Crippen LogP contribution in [0.25, 0.3) is 0 Å². The maximum absolute atomic E-state index is 12.1. The molecule has 0 bridgehead atoms. The van der Waals surface area contributed by atoms with Gasteiger partial charge in [-0.2, -0.15) is 0 Å². The molecule has 1 aromatic heterocycles. The lowest BCUT2D eigenvalue weighted by Gasteiger charge is -2.30. The van der Waals surface area contributed by atoms with E-state index in [1.165, 1.54) is 22.8 Å². The van der Waals surface area contributed by atoms with Crippen LogP contribution in [0, 0.1) is 0 Å². The van der Waals surface area contributed by atoms with Crippen molar-refractivity contribution in [2.75, 3.05) is 25.9 Å². The van der Waals surface area contributed by atoms with E-state index in [2.05, 4.69) is 10.3 Å². The van der Waals surface area contributed by atoms with Crippen LogP contribution in [0.5, 0.6) is 0 Å². The molecule has 23 heavy (non-hydrogen) atoms. The maximum atomic E-state index is 12.1. The molecule has 0 saturated carbocycles. The molecule has 1 fully saturated rings. The SMILES string of the molecule is CS(=O)(=O)N1CCCC(c2ccc(C(=O)NCC(F)F)cn2)C1. The predicted octanol–water partition coefficient (Wildman–Crippen LogP) is 1.22. The van der Waals surface area contributed by atoms with Gasteiger partial charge in [-0.25, -0.2) is 21.5 Å². The van der Waals surface area contributed by atoms with Gasteiger partial charge in [0.15, 0.2) is 0 Å². The van der Waals surface area contributed by atoms with Crippen molar-refractivity contribution in [3.05, 3.63) is 29.6 Å². The summed E-state index contributed by atoms with van der Waals surface area (Å²) < 4.78 is 48.8. The van der Waals surface area contributed by atoms with Gasteiger partial charge < -0.3 is 5.32 Å². The summed E-state index contributed by atoms with van der Waals surface area (Å²) in [6, 6.07) is 3.16. The number of nitrogens with one attached hydrogen (secondary N) is 1. The van der Waals surface area contributed by atoms with Gasteiger partial charge >= 0.3 is 0 Å². The summed E-state index contributed by atoms with van der Waals surface area (Å²) >= 11 is 0. The first-order chi connectivity index (χ1) is 10.8. The van der Waals surface area contributed by atoms with E-state index in [0.717, 1.165) is 12.8 Å². The Morgan fingerprint density at radius 2 is 2.22 bits per heavy atom. The second-order valence-corrected chi connectivity index (χ2v) is 7.52. The Labute approximate surface area is 133 Å². The summed E-state index contributed by atoms with van der Waals surface area (Å²) in [5.41, 5.74) is 0.897. The van der Waals surface area contributed by atoms with E-state index in [9.17, 15) is 22.0 Å². The normalized spacial score (nSPS) is 19.7. The molecule has 2 rings (SSSR count). The number of carbonyl (C=O) groups is 1. The fraction of sp³-hybridized carbons (Fsp3) is 0.571. The van der Waals surface area contributed by atoms with Gasteiger partial charge in [-0.1, -0.05) is 0 Å². The number of sulfonamides is 1. The Morgan fingerprint density at radius 3 is 2.78 bits per heavy atom. The zero-order valence-electron chi connectivity index (χ0n) is 12.7. The van der Waals surface area contributed by atoms with Crippen molar-refractivity contribution in [2.24, 2.45) is 0 Å². The van der Waals surface area contributed by atoms with Crippen molar-refractivity contribution in [2.45, 2.75) is 25.2 Å². The molecule has 9 heteroatoms. The van der Waals surface area contributed by atoms with Crippen LogP contribution >= 0.6 is 0 Å². The lowest BCUT2D eigenvalue weighted by Crippen LogP contribution is -2.38. The number of hydrogen-bond acceptors (Lipinski definition) is 4. The minimum Gasteiger partial charge on any atom is -0.346 e. The zero-order chi connectivity index (χ0) is 17.0. The van der Waals surface area contributed by atoms with Crippen LogP contribution in [0.4, 0.5) is 8.78 Å². The molecular formula is C14H19F2N3O3S. The second-order valence-electron chi connectivity index (χ2n) is 5.53. The first kappa shape index (κ1) is 17.7. The molecule has 0 radical (unpaired) electrons. The third kappa shape index (κ3) is 4.93. The zero-order valence-corrected chi connectivity index (χ0v) is 13.5. The van der Waals surface area contributed by atoms with Crippen molar-refractivity contribution in [3.8, 4) is 0 Å². The highest BCUT2D eigenvalue weighted by atomic mass is 32.2. The van der Waals surface area contributed by atoms with Crippen LogP contribution in [0.15, 0.2) is 18.3 Å². The summed E-state index contributed by atoms with van der Waals surface area (Å²) in [4.78, 5) is 15.8. The topological polar surface area (TPSA) is 79.4 Å². The fourth-order valence-corrected chi connectivity index (χ4v) is 3.45. The first-order valence-electron chi connectivity index (χ1n) is 7.25. The van der Waals surface area contributed by atoms with E-state index >= 15 is 0 Å². The Morgan fingerprint density at radius 1 is 1.48 bits per heavy atom. The summed E-state index contributed by atoms with van der Waals surface area (Å²) in [5.74, 6) is -0.637. The van der Waals surface area contributed by atoms with Gasteiger partial charge in [-0.15, -0.1) is 0 Å². The number of alkyl halides is 2. The number of rotatable bonds is 5. The molecule has 1 unspecified atom stereocenters. The third-order valence-electron chi connectivity index (χ3n) is 3.74. The Bertz CT molecular complexity index is 650. The molecule has 1 atom stereocenters. The molecule has 1 aromatic rings. The summed E-state index contributed by atoms with van der Waals surface area (Å²) in [7, 11) is -3.23. The number of pyridine rings is 1. The van der Waals surface area contributed by atoms with Crippen molar-refractivity contribution in [1.82, 2.24) is 14.6 Å². The molecule has 1 saturated heterocycles. The van der Waals surface area contributed by atoms with E-state index in [1.807, 2.05) is 0 Å².